The molecule has 0 saturated heterocycles. The smallest absolute Gasteiger partial charge is 0.0189 e. The number of nitrogens with zero attached hydrogens (tertiary/aromatic N) is 1. The predicted molar refractivity (Wildman–Crippen MR) is 72.9 cm³/mol. The largest absolute Gasteiger partial charge is 0.299 e. The van der Waals surface area contributed by atoms with Gasteiger partial charge in [0.25, 0.3) is 0 Å². The fourth-order valence-corrected chi connectivity index (χ4v) is 1.48. The molecule has 0 unspecified atom stereocenters. The fraction of sp³-hybridized carbons (Fsp3) is 0.846. The van der Waals surface area contributed by atoms with E-state index in [9.17, 15) is 0 Å². The molecule has 0 aromatic rings. The molecule has 0 aromatic heterocycles. The Morgan fingerprint density at radius 1 is 1.07 bits per heavy atom. The van der Waals surface area contributed by atoms with Crippen molar-refractivity contribution in [2.45, 2.75) is 53.4 Å². The van der Waals surface area contributed by atoms with Gasteiger partial charge in [0.1, 0.15) is 0 Å². The third-order valence-corrected chi connectivity index (χ3v) is 2.62. The van der Waals surface area contributed by atoms with Crippen molar-refractivity contribution in [2.24, 2.45) is 0 Å². The topological polar surface area (TPSA) is 3.24 Å². The van der Waals surface area contributed by atoms with Crippen LogP contribution in [0.1, 0.15) is 53.4 Å². The number of unbranched alkanes of at least 4 members (excludes halogenated alkanes) is 2. The van der Waals surface area contributed by atoms with Crippen molar-refractivity contribution in [1.82, 2.24) is 4.90 Å². The van der Waals surface area contributed by atoms with Gasteiger partial charge in [-0.2, -0.15) is 0 Å². The van der Waals surface area contributed by atoms with Crippen molar-refractivity contribution in [3.63, 3.8) is 0 Å². The van der Waals surface area contributed by atoms with Gasteiger partial charge in [0.15, 0.2) is 0 Å². The van der Waals surface area contributed by atoms with E-state index in [-0.39, 0.29) is 12.4 Å². The summed E-state index contributed by atoms with van der Waals surface area (Å²) >= 11 is 0. The molecule has 0 amide bonds. The lowest BCUT2D eigenvalue weighted by Gasteiger charge is -2.22. The van der Waals surface area contributed by atoms with Crippen LogP contribution in [0.4, 0.5) is 0 Å². The molecule has 0 bridgehead atoms. The molecule has 0 N–H and O–H groups in total. The first-order chi connectivity index (χ1) is 6.74. The number of rotatable bonds is 8. The van der Waals surface area contributed by atoms with E-state index in [4.69, 9.17) is 0 Å². The Bertz CT molecular complexity index is 147. The van der Waals surface area contributed by atoms with E-state index in [2.05, 4.69) is 38.7 Å². The Balaban J connectivity index is 0. The van der Waals surface area contributed by atoms with Gasteiger partial charge in [-0.3, -0.25) is 4.90 Å². The molecule has 92 valence electrons. The lowest BCUT2D eigenvalue weighted by Crippen LogP contribution is -2.27. The first-order valence-corrected chi connectivity index (χ1v) is 6.08. The van der Waals surface area contributed by atoms with Crippen molar-refractivity contribution < 1.29 is 0 Å². The summed E-state index contributed by atoms with van der Waals surface area (Å²) in [7, 11) is 0. The highest BCUT2D eigenvalue weighted by molar-refractivity contribution is 5.85. The Kier molecular flexibility index (Phi) is 14.0. The van der Waals surface area contributed by atoms with Gasteiger partial charge in [0.05, 0.1) is 0 Å². The molecular formula is C13H28ClN. The third-order valence-electron chi connectivity index (χ3n) is 2.62. The quantitative estimate of drug-likeness (QED) is 0.566. The molecule has 0 rings (SSSR count). The maximum absolute atomic E-state index is 2.59. The molecule has 0 radical (unpaired) electrons. The number of allylic oxidation sites excluding steroid dienone is 1. The molecule has 15 heavy (non-hydrogen) atoms. The monoisotopic (exact) mass is 233 g/mol. The number of hydrogen-bond donors (Lipinski definition) is 0. The van der Waals surface area contributed by atoms with Gasteiger partial charge in [-0.1, -0.05) is 38.3 Å². The van der Waals surface area contributed by atoms with E-state index in [1.807, 2.05) is 0 Å². The second-order valence-corrected chi connectivity index (χ2v) is 4.12. The van der Waals surface area contributed by atoms with E-state index in [1.165, 1.54) is 44.3 Å². The predicted octanol–water partition coefficient (Wildman–Crippen LogP) is 4.28. The SMILES string of the molecule is C/C=C(\C)CN(CCCC)CCCC.Cl. The van der Waals surface area contributed by atoms with E-state index >= 15 is 0 Å². The molecule has 0 aromatic carbocycles. The fourth-order valence-electron chi connectivity index (χ4n) is 1.48. The summed E-state index contributed by atoms with van der Waals surface area (Å²) in [6, 6.07) is 0. The van der Waals surface area contributed by atoms with Crippen LogP contribution in [0.15, 0.2) is 11.6 Å². The average molecular weight is 234 g/mol. The highest BCUT2D eigenvalue weighted by Crippen LogP contribution is 2.03. The standard InChI is InChI=1S/C13H27N.ClH/c1-5-8-10-14(11-9-6-2)12-13(4)7-3;/h7H,5-6,8-12H2,1-4H3;1H/b13-7+;. The van der Waals surface area contributed by atoms with Gasteiger partial charge in [0.2, 0.25) is 0 Å². The van der Waals surface area contributed by atoms with Crippen molar-refractivity contribution in [1.29, 1.82) is 0 Å². The Labute approximate surface area is 102 Å². The summed E-state index contributed by atoms with van der Waals surface area (Å²) < 4.78 is 0. The van der Waals surface area contributed by atoms with Gasteiger partial charge in [-0.15, -0.1) is 12.4 Å². The van der Waals surface area contributed by atoms with E-state index in [0.717, 1.165) is 6.54 Å². The molecule has 1 nitrogen and oxygen atoms in total. The van der Waals surface area contributed by atoms with Crippen molar-refractivity contribution in [3.05, 3.63) is 11.6 Å². The molecular weight excluding hydrogens is 206 g/mol. The van der Waals surface area contributed by atoms with E-state index < -0.39 is 0 Å². The van der Waals surface area contributed by atoms with E-state index in [0.29, 0.717) is 0 Å². The molecule has 0 aliphatic rings. The second kappa shape index (κ2) is 12.1. The highest BCUT2D eigenvalue weighted by atomic mass is 35.5. The van der Waals surface area contributed by atoms with E-state index in [1.54, 1.807) is 0 Å². The summed E-state index contributed by atoms with van der Waals surface area (Å²) in [5, 5.41) is 0. The minimum Gasteiger partial charge on any atom is -0.299 e. The summed E-state index contributed by atoms with van der Waals surface area (Å²) in [4.78, 5) is 2.59. The zero-order chi connectivity index (χ0) is 10.8. The Hall–Kier alpha value is -0.0100. The molecule has 0 saturated carbocycles. The van der Waals surface area contributed by atoms with Crippen LogP contribution in [0, 0.1) is 0 Å². The summed E-state index contributed by atoms with van der Waals surface area (Å²) in [6.45, 7) is 12.6. The van der Waals surface area contributed by atoms with Gasteiger partial charge in [-0.25, -0.2) is 0 Å². The van der Waals surface area contributed by atoms with Crippen molar-refractivity contribution in [3.8, 4) is 0 Å². The maximum Gasteiger partial charge on any atom is 0.0189 e. The zero-order valence-corrected chi connectivity index (χ0v) is 11.7. The Morgan fingerprint density at radius 3 is 1.87 bits per heavy atom. The summed E-state index contributed by atoms with van der Waals surface area (Å²) in [6.07, 6.45) is 7.50. The molecule has 0 heterocycles. The van der Waals surface area contributed by atoms with Crippen LogP contribution in [0.5, 0.6) is 0 Å². The second-order valence-electron chi connectivity index (χ2n) is 4.12. The lowest BCUT2D eigenvalue weighted by atomic mass is 10.2. The molecule has 0 spiro atoms. The first kappa shape index (κ1) is 17.4. The van der Waals surface area contributed by atoms with Crippen molar-refractivity contribution >= 4 is 12.4 Å². The number of halogens is 1. The first-order valence-electron chi connectivity index (χ1n) is 6.08. The average Bonchev–Trinajstić information content (AvgIpc) is 2.21. The Morgan fingerprint density at radius 2 is 1.53 bits per heavy atom. The van der Waals surface area contributed by atoms with Crippen LogP contribution in [0.25, 0.3) is 0 Å². The third kappa shape index (κ3) is 10.3. The molecule has 0 fully saturated rings. The molecule has 0 atom stereocenters. The summed E-state index contributed by atoms with van der Waals surface area (Å²) in [5.74, 6) is 0. The van der Waals surface area contributed by atoms with Crippen LogP contribution in [0.3, 0.4) is 0 Å². The van der Waals surface area contributed by atoms with Gasteiger partial charge >= 0.3 is 0 Å². The summed E-state index contributed by atoms with van der Waals surface area (Å²) in [5.41, 5.74) is 1.50. The van der Waals surface area contributed by atoms with Crippen LogP contribution in [-0.4, -0.2) is 24.5 Å². The minimum absolute atomic E-state index is 0. The van der Waals surface area contributed by atoms with Crippen LogP contribution < -0.4 is 0 Å². The van der Waals surface area contributed by atoms with Gasteiger partial charge in [0, 0.05) is 6.54 Å². The van der Waals surface area contributed by atoms with Crippen molar-refractivity contribution in [2.75, 3.05) is 19.6 Å². The van der Waals surface area contributed by atoms with Gasteiger partial charge in [-0.05, 0) is 39.8 Å². The molecule has 2 heteroatoms. The van der Waals surface area contributed by atoms with Crippen LogP contribution >= 0.6 is 12.4 Å². The lowest BCUT2D eigenvalue weighted by molar-refractivity contribution is 0.286. The minimum atomic E-state index is 0. The van der Waals surface area contributed by atoms with Crippen LogP contribution in [0.2, 0.25) is 0 Å². The van der Waals surface area contributed by atoms with Crippen LogP contribution in [-0.2, 0) is 0 Å². The molecule has 0 aliphatic heterocycles. The van der Waals surface area contributed by atoms with Gasteiger partial charge < -0.3 is 0 Å². The normalized spacial score (nSPS) is 11.7. The number of hydrogen-bond acceptors (Lipinski definition) is 1. The highest BCUT2D eigenvalue weighted by Gasteiger charge is 2.03. The molecule has 0 aliphatic carbocycles. The maximum atomic E-state index is 2.59. The zero-order valence-electron chi connectivity index (χ0n) is 10.9.